The van der Waals surface area contributed by atoms with Gasteiger partial charge in [0, 0.05) is 45.3 Å². The summed E-state index contributed by atoms with van der Waals surface area (Å²) in [6.45, 7) is 5.41. The Morgan fingerprint density at radius 1 is 0.833 bits per heavy atom. The van der Waals surface area contributed by atoms with Crippen LogP contribution < -0.4 is 12.4 Å². The van der Waals surface area contributed by atoms with Crippen molar-refractivity contribution >= 4 is 11.6 Å². The van der Waals surface area contributed by atoms with Gasteiger partial charge >= 0.3 is 1.43 Å². The van der Waals surface area contributed by atoms with Crippen molar-refractivity contribution in [1.29, 1.82) is 0 Å². The molecule has 3 fully saturated rings. The first kappa shape index (κ1) is 11.6. The highest BCUT2D eigenvalue weighted by atomic mass is 35.5. The third-order valence-corrected chi connectivity index (χ3v) is 3.49. The summed E-state index contributed by atoms with van der Waals surface area (Å²) >= 11 is 0. The smallest absolute Gasteiger partial charge is 1.00 e. The van der Waals surface area contributed by atoms with Gasteiger partial charge in [0.2, 0.25) is 11.6 Å². The molecular weight excluding hydrogens is 254 g/mol. The minimum atomic E-state index is 0. The van der Waals surface area contributed by atoms with Gasteiger partial charge in [0.15, 0.2) is 0 Å². The average Bonchev–Trinajstić information content (AvgIpc) is 3.13. The third kappa shape index (κ3) is 1.70. The second-order valence-electron chi connectivity index (χ2n) is 4.88. The first-order valence-electron chi connectivity index (χ1n) is 6.05. The zero-order valence-electron chi connectivity index (χ0n) is 10.9. The fraction of sp³-hybridized carbons (Fsp3) is 0.500. The molecule has 0 bridgehead atoms. The summed E-state index contributed by atoms with van der Waals surface area (Å²) in [4.78, 5) is 30.5. The Morgan fingerprint density at radius 3 is 1.83 bits per heavy atom. The van der Waals surface area contributed by atoms with Crippen LogP contribution in [0.4, 0.5) is 0 Å². The van der Waals surface area contributed by atoms with Crippen LogP contribution in [0.3, 0.4) is 0 Å². The van der Waals surface area contributed by atoms with Gasteiger partial charge in [0.05, 0.1) is 5.70 Å². The molecule has 0 aromatic heterocycles. The molecular formula is C12H14ClN3O2. The molecule has 18 heavy (non-hydrogen) atoms. The molecule has 3 heterocycles. The lowest BCUT2D eigenvalue weighted by Crippen LogP contribution is -3.00. The number of allylic oxidation sites excluding steroid dienone is 1. The quantitative estimate of drug-likeness (QED) is 0.389. The van der Waals surface area contributed by atoms with Gasteiger partial charge in [-0.2, -0.15) is 0 Å². The van der Waals surface area contributed by atoms with E-state index in [0.717, 1.165) is 39.3 Å². The summed E-state index contributed by atoms with van der Waals surface area (Å²) in [5.41, 5.74) is 1.89. The number of nitrogens with zero attached hydrogens (tertiary/aromatic N) is 3. The Bertz CT molecular complexity index is 505. The summed E-state index contributed by atoms with van der Waals surface area (Å²) in [5.74, 6) is 0.0485. The van der Waals surface area contributed by atoms with Crippen LogP contribution >= 0.6 is 0 Å². The van der Waals surface area contributed by atoms with Crippen LogP contribution in [0.1, 0.15) is 1.43 Å². The molecule has 0 aromatic rings. The van der Waals surface area contributed by atoms with Crippen molar-refractivity contribution in [3.05, 3.63) is 23.2 Å². The molecule has 0 unspecified atom stereocenters. The molecule has 5 nitrogen and oxygen atoms in total. The molecule has 96 valence electrons. The monoisotopic (exact) mass is 267 g/mol. The van der Waals surface area contributed by atoms with Crippen LogP contribution in [0.15, 0.2) is 23.2 Å². The molecule has 4 rings (SSSR count). The van der Waals surface area contributed by atoms with Gasteiger partial charge in [-0.1, -0.05) is 0 Å². The zero-order valence-corrected chi connectivity index (χ0v) is 10.6. The largest absolute Gasteiger partial charge is 1.00 e. The molecule has 0 N–H and O–H groups in total. The number of rotatable bonds is 3. The number of hydrogen-bond acceptors (Lipinski definition) is 5. The van der Waals surface area contributed by atoms with Crippen LogP contribution in [0.2, 0.25) is 0 Å². The Labute approximate surface area is 113 Å². The fourth-order valence-corrected chi connectivity index (χ4v) is 2.28. The van der Waals surface area contributed by atoms with Crippen molar-refractivity contribution in [3.63, 3.8) is 0 Å². The van der Waals surface area contributed by atoms with Gasteiger partial charge in [-0.3, -0.25) is 9.59 Å². The summed E-state index contributed by atoms with van der Waals surface area (Å²) in [7, 11) is 0. The second kappa shape index (κ2) is 3.75. The van der Waals surface area contributed by atoms with E-state index >= 15 is 0 Å². The first-order valence-corrected chi connectivity index (χ1v) is 6.05. The van der Waals surface area contributed by atoms with Crippen molar-refractivity contribution in [2.24, 2.45) is 0 Å². The highest BCUT2D eigenvalue weighted by Crippen LogP contribution is 2.33. The zero-order chi connectivity index (χ0) is 11.6. The Balaban J connectivity index is 0.000000667. The van der Waals surface area contributed by atoms with Gasteiger partial charge in [-0.15, -0.1) is 0 Å². The van der Waals surface area contributed by atoms with Crippen molar-refractivity contribution in [3.8, 4) is 0 Å². The van der Waals surface area contributed by atoms with Gasteiger partial charge in [0.1, 0.15) is 11.4 Å². The van der Waals surface area contributed by atoms with E-state index in [1.54, 1.807) is 0 Å². The van der Waals surface area contributed by atoms with Crippen LogP contribution in [0.5, 0.6) is 0 Å². The number of halogens is 1. The Morgan fingerprint density at radius 2 is 1.33 bits per heavy atom. The summed E-state index contributed by atoms with van der Waals surface area (Å²) in [5, 5.41) is 0. The molecule has 6 heteroatoms. The van der Waals surface area contributed by atoms with E-state index in [1.165, 1.54) is 6.08 Å². The van der Waals surface area contributed by atoms with Crippen molar-refractivity contribution < 1.29 is 23.4 Å². The minimum Gasteiger partial charge on any atom is -1.00 e. The van der Waals surface area contributed by atoms with Crippen LogP contribution in [-0.2, 0) is 9.59 Å². The van der Waals surface area contributed by atoms with E-state index < -0.39 is 0 Å². The van der Waals surface area contributed by atoms with Crippen molar-refractivity contribution in [2.45, 2.75) is 0 Å². The lowest BCUT2D eigenvalue weighted by molar-refractivity contribution is -0.117. The average molecular weight is 268 g/mol. The van der Waals surface area contributed by atoms with Gasteiger partial charge in [-0.05, 0) is 0 Å². The lowest BCUT2D eigenvalue weighted by atomic mass is 10.0. The molecule has 1 aliphatic carbocycles. The van der Waals surface area contributed by atoms with Gasteiger partial charge < -0.3 is 27.1 Å². The van der Waals surface area contributed by atoms with E-state index in [-0.39, 0.29) is 25.4 Å². The maximum absolute atomic E-state index is 12.4. The molecule has 0 amide bonds. The predicted octanol–water partition coefficient (Wildman–Crippen LogP) is -3.70. The minimum absolute atomic E-state index is 0. The molecule has 4 aliphatic rings. The molecule has 0 atom stereocenters. The number of carbonyl (C=O) groups is 2. The maximum atomic E-state index is 12.4. The summed E-state index contributed by atoms with van der Waals surface area (Å²) < 4.78 is 0. The number of hydrogen-bond donors (Lipinski definition) is 0. The fourth-order valence-electron chi connectivity index (χ4n) is 2.28. The van der Waals surface area contributed by atoms with Crippen LogP contribution in [0, 0.1) is 0 Å². The Kier molecular flexibility index (Phi) is 2.41. The number of Topliss-reactive ketones (excluding diaryl/α,β-unsaturated/α-hetero) is 1. The van der Waals surface area contributed by atoms with E-state index in [1.807, 2.05) is 14.7 Å². The van der Waals surface area contributed by atoms with Crippen molar-refractivity contribution in [1.82, 2.24) is 14.7 Å². The highest BCUT2D eigenvalue weighted by Gasteiger charge is 2.43. The van der Waals surface area contributed by atoms with E-state index in [9.17, 15) is 9.59 Å². The summed E-state index contributed by atoms with van der Waals surface area (Å²) in [6, 6.07) is 0. The molecule has 0 saturated carbocycles. The maximum Gasteiger partial charge on any atom is 1.00 e. The second-order valence-corrected chi connectivity index (χ2v) is 4.88. The number of carbonyl (C=O) groups excluding carboxylic acids is 2. The Hall–Kier alpha value is -1.49. The predicted molar refractivity (Wildman–Crippen MR) is 61.0 cm³/mol. The topological polar surface area (TPSA) is 43.2 Å². The molecule has 0 aromatic carbocycles. The van der Waals surface area contributed by atoms with Gasteiger partial charge in [0.25, 0.3) is 0 Å². The number of ketones is 2. The standard InChI is InChI=1S/C12H13N3O2.ClH/c16-9-7-8(13-1-2-13)12(17)11(15-5-6-15)10(9)14-3-4-14;/h7H,1-6H2;1H. The van der Waals surface area contributed by atoms with E-state index in [4.69, 9.17) is 0 Å². The third-order valence-electron chi connectivity index (χ3n) is 3.49. The van der Waals surface area contributed by atoms with E-state index in [2.05, 4.69) is 0 Å². The SMILES string of the molecule is O=C1C=C(N2CC2)C(=O)C(N2CC2)=C1N1CC1.[Cl-].[H+]. The molecule has 3 saturated heterocycles. The van der Waals surface area contributed by atoms with Crippen LogP contribution in [0.25, 0.3) is 0 Å². The molecule has 0 radical (unpaired) electrons. The highest BCUT2D eigenvalue weighted by molar-refractivity contribution is 6.22. The molecule has 0 spiro atoms. The van der Waals surface area contributed by atoms with Crippen LogP contribution in [-0.4, -0.2) is 65.5 Å². The normalized spacial score (nSPS) is 25.1. The van der Waals surface area contributed by atoms with E-state index in [0.29, 0.717) is 17.1 Å². The molecule has 3 aliphatic heterocycles. The summed E-state index contributed by atoms with van der Waals surface area (Å²) in [6.07, 6.45) is 1.52. The first-order chi connectivity index (χ1) is 8.25. The van der Waals surface area contributed by atoms with Crippen molar-refractivity contribution in [2.75, 3.05) is 39.3 Å². The van der Waals surface area contributed by atoms with Gasteiger partial charge in [-0.25, -0.2) is 0 Å². The lowest BCUT2D eigenvalue weighted by Gasteiger charge is -2.21.